The van der Waals surface area contributed by atoms with E-state index in [1.54, 1.807) is 19.1 Å². The number of hydrazone groups is 1. The molecule has 0 aliphatic heterocycles. The first-order valence-corrected chi connectivity index (χ1v) is 7.06. The molecule has 0 aliphatic rings. The molecule has 0 aliphatic carbocycles. The molecule has 128 valence electrons. The topological polar surface area (TPSA) is 52.1 Å². The number of halogens is 2. The minimum absolute atomic E-state index is 0.0724. The van der Waals surface area contributed by atoms with Crippen molar-refractivity contribution in [1.82, 2.24) is 0 Å². The second-order valence-electron chi connectivity index (χ2n) is 4.85. The summed E-state index contributed by atoms with van der Waals surface area (Å²) in [5, 5.41) is 4.11. The van der Waals surface area contributed by atoms with E-state index >= 15 is 0 Å². The van der Waals surface area contributed by atoms with E-state index in [2.05, 4.69) is 10.5 Å². The van der Waals surface area contributed by atoms with Gasteiger partial charge in [0.25, 0.3) is 0 Å². The zero-order chi connectivity index (χ0) is 17.7. The summed E-state index contributed by atoms with van der Waals surface area (Å²) in [7, 11) is 4.54. The SMILES string of the molecule is COc1cc(/C(C)=N\Nc2ccc(F)cc2F)cc(OC)c1OC. The van der Waals surface area contributed by atoms with Gasteiger partial charge < -0.3 is 14.2 Å². The van der Waals surface area contributed by atoms with Crippen LogP contribution in [0.3, 0.4) is 0 Å². The molecular formula is C17H18F2N2O3. The number of hydrogen-bond donors (Lipinski definition) is 1. The molecule has 0 fully saturated rings. The summed E-state index contributed by atoms with van der Waals surface area (Å²) in [4.78, 5) is 0. The number of rotatable bonds is 6. The van der Waals surface area contributed by atoms with Gasteiger partial charge in [0.05, 0.1) is 32.7 Å². The summed E-state index contributed by atoms with van der Waals surface area (Å²) in [5.41, 5.74) is 3.90. The molecule has 0 heterocycles. The first-order chi connectivity index (χ1) is 11.5. The Morgan fingerprint density at radius 1 is 0.958 bits per heavy atom. The van der Waals surface area contributed by atoms with Gasteiger partial charge in [-0.1, -0.05) is 0 Å². The smallest absolute Gasteiger partial charge is 0.203 e. The Labute approximate surface area is 138 Å². The van der Waals surface area contributed by atoms with Crippen LogP contribution in [-0.4, -0.2) is 27.0 Å². The quantitative estimate of drug-likeness (QED) is 0.643. The Kier molecular flexibility index (Phi) is 5.57. The Hall–Kier alpha value is -2.83. The molecule has 1 N–H and O–H groups in total. The Morgan fingerprint density at radius 2 is 1.58 bits per heavy atom. The van der Waals surface area contributed by atoms with Crippen LogP contribution in [0, 0.1) is 11.6 Å². The average molecular weight is 336 g/mol. The zero-order valence-corrected chi connectivity index (χ0v) is 13.8. The van der Waals surface area contributed by atoms with E-state index < -0.39 is 11.6 Å². The van der Waals surface area contributed by atoms with Crippen molar-refractivity contribution < 1.29 is 23.0 Å². The summed E-state index contributed by atoms with van der Waals surface area (Å²) < 4.78 is 42.3. The lowest BCUT2D eigenvalue weighted by molar-refractivity contribution is 0.324. The van der Waals surface area contributed by atoms with Crippen LogP contribution >= 0.6 is 0 Å². The van der Waals surface area contributed by atoms with Crippen molar-refractivity contribution in [3.05, 3.63) is 47.5 Å². The third-order valence-corrected chi connectivity index (χ3v) is 3.36. The van der Waals surface area contributed by atoms with E-state index in [4.69, 9.17) is 14.2 Å². The molecule has 0 saturated carbocycles. The van der Waals surface area contributed by atoms with Crippen molar-refractivity contribution in [1.29, 1.82) is 0 Å². The first-order valence-electron chi connectivity index (χ1n) is 7.06. The van der Waals surface area contributed by atoms with Gasteiger partial charge in [-0.3, -0.25) is 5.43 Å². The van der Waals surface area contributed by atoms with Crippen molar-refractivity contribution in [2.24, 2.45) is 5.10 Å². The van der Waals surface area contributed by atoms with E-state index in [0.717, 1.165) is 12.1 Å². The molecule has 2 aromatic carbocycles. The predicted octanol–water partition coefficient (Wildman–Crippen LogP) is 3.83. The highest BCUT2D eigenvalue weighted by atomic mass is 19.1. The fraction of sp³-hybridized carbons (Fsp3) is 0.235. The van der Waals surface area contributed by atoms with Crippen LogP contribution < -0.4 is 19.6 Å². The maximum atomic E-state index is 13.6. The molecule has 7 heteroatoms. The maximum Gasteiger partial charge on any atom is 0.203 e. The Morgan fingerprint density at radius 3 is 2.08 bits per heavy atom. The van der Waals surface area contributed by atoms with Gasteiger partial charge in [0, 0.05) is 11.6 Å². The predicted molar refractivity (Wildman–Crippen MR) is 88.3 cm³/mol. The largest absolute Gasteiger partial charge is 0.493 e. The average Bonchev–Trinajstić information content (AvgIpc) is 2.59. The first kappa shape index (κ1) is 17.5. The molecule has 24 heavy (non-hydrogen) atoms. The highest BCUT2D eigenvalue weighted by Crippen LogP contribution is 2.38. The number of benzene rings is 2. The van der Waals surface area contributed by atoms with Crippen LogP contribution in [-0.2, 0) is 0 Å². The van der Waals surface area contributed by atoms with Gasteiger partial charge in [0.1, 0.15) is 5.82 Å². The molecule has 0 saturated heterocycles. The molecule has 0 atom stereocenters. The molecule has 0 amide bonds. The number of anilines is 1. The van der Waals surface area contributed by atoms with Gasteiger partial charge in [-0.15, -0.1) is 0 Å². The third kappa shape index (κ3) is 3.73. The van der Waals surface area contributed by atoms with Gasteiger partial charge in [-0.05, 0) is 31.2 Å². The summed E-state index contributed by atoms with van der Waals surface area (Å²) >= 11 is 0. The molecule has 2 rings (SSSR count). The van der Waals surface area contributed by atoms with E-state index in [1.165, 1.54) is 27.4 Å². The molecule has 0 radical (unpaired) electrons. The number of ether oxygens (including phenoxy) is 3. The van der Waals surface area contributed by atoms with Gasteiger partial charge in [0.2, 0.25) is 5.75 Å². The highest BCUT2D eigenvalue weighted by molar-refractivity contribution is 6.00. The normalized spacial score (nSPS) is 11.2. The van der Waals surface area contributed by atoms with Crippen molar-refractivity contribution in [2.75, 3.05) is 26.8 Å². The van der Waals surface area contributed by atoms with Crippen molar-refractivity contribution >= 4 is 11.4 Å². The van der Waals surface area contributed by atoms with Crippen LogP contribution in [0.5, 0.6) is 17.2 Å². The standard InChI is InChI=1S/C17H18F2N2O3/c1-10(20-21-14-6-5-12(18)9-13(14)19)11-7-15(22-2)17(24-4)16(8-11)23-3/h5-9,21H,1-4H3/b20-10-. The fourth-order valence-electron chi connectivity index (χ4n) is 2.08. The molecule has 0 bridgehead atoms. The van der Waals surface area contributed by atoms with E-state index in [0.29, 0.717) is 28.5 Å². The molecule has 0 spiro atoms. The number of methoxy groups -OCH3 is 3. The molecule has 0 unspecified atom stereocenters. The Bertz CT molecular complexity index is 738. The zero-order valence-electron chi connectivity index (χ0n) is 13.8. The minimum Gasteiger partial charge on any atom is -0.493 e. The van der Waals surface area contributed by atoms with Crippen LogP contribution in [0.1, 0.15) is 12.5 Å². The summed E-state index contributed by atoms with van der Waals surface area (Å²) in [6, 6.07) is 6.66. The van der Waals surface area contributed by atoms with E-state index in [-0.39, 0.29) is 5.69 Å². The number of hydrogen-bond acceptors (Lipinski definition) is 5. The van der Waals surface area contributed by atoms with Gasteiger partial charge in [0.15, 0.2) is 17.3 Å². The van der Waals surface area contributed by atoms with Crippen molar-refractivity contribution in [2.45, 2.75) is 6.92 Å². The highest BCUT2D eigenvalue weighted by Gasteiger charge is 2.14. The summed E-state index contributed by atoms with van der Waals surface area (Å²) in [6.45, 7) is 1.73. The molecular weight excluding hydrogens is 318 g/mol. The van der Waals surface area contributed by atoms with Crippen molar-refractivity contribution in [3.63, 3.8) is 0 Å². The summed E-state index contributed by atoms with van der Waals surface area (Å²) in [6.07, 6.45) is 0. The monoisotopic (exact) mass is 336 g/mol. The lowest BCUT2D eigenvalue weighted by atomic mass is 10.1. The maximum absolute atomic E-state index is 13.6. The van der Waals surface area contributed by atoms with Crippen LogP contribution in [0.25, 0.3) is 0 Å². The molecule has 0 aromatic heterocycles. The van der Waals surface area contributed by atoms with Gasteiger partial charge in [-0.2, -0.15) is 5.10 Å². The van der Waals surface area contributed by atoms with Crippen LogP contribution in [0.2, 0.25) is 0 Å². The van der Waals surface area contributed by atoms with Gasteiger partial charge in [-0.25, -0.2) is 8.78 Å². The molecule has 5 nitrogen and oxygen atoms in total. The lowest BCUT2D eigenvalue weighted by Gasteiger charge is -2.14. The second kappa shape index (κ2) is 7.63. The number of nitrogens with one attached hydrogen (secondary N) is 1. The van der Waals surface area contributed by atoms with Crippen molar-refractivity contribution in [3.8, 4) is 17.2 Å². The van der Waals surface area contributed by atoms with Gasteiger partial charge >= 0.3 is 0 Å². The van der Waals surface area contributed by atoms with E-state index in [9.17, 15) is 8.78 Å². The molecule has 2 aromatic rings. The van der Waals surface area contributed by atoms with Crippen LogP contribution in [0.15, 0.2) is 35.4 Å². The number of nitrogens with zero attached hydrogens (tertiary/aromatic N) is 1. The third-order valence-electron chi connectivity index (χ3n) is 3.36. The lowest BCUT2D eigenvalue weighted by Crippen LogP contribution is -2.03. The summed E-state index contributed by atoms with van der Waals surface area (Å²) in [5.74, 6) is 0.0534. The fourth-order valence-corrected chi connectivity index (χ4v) is 2.08. The van der Waals surface area contributed by atoms with E-state index in [1.807, 2.05) is 0 Å². The second-order valence-corrected chi connectivity index (χ2v) is 4.85. The minimum atomic E-state index is -0.726. The Balaban J connectivity index is 2.32. The van der Waals surface area contributed by atoms with Crippen LogP contribution in [0.4, 0.5) is 14.5 Å².